The number of ether oxygens (including phenoxy) is 3. The topological polar surface area (TPSA) is 134 Å². The second kappa shape index (κ2) is 13.8. The Hall–Kier alpha value is -4.32. The van der Waals surface area contributed by atoms with Crippen LogP contribution >= 0.6 is 11.8 Å². The first-order chi connectivity index (χ1) is 18.3. The fourth-order valence-electron chi connectivity index (χ4n) is 3.24. The maximum absolute atomic E-state index is 12.4. The third-order valence-electron chi connectivity index (χ3n) is 5.17. The van der Waals surface area contributed by atoms with E-state index in [0.717, 1.165) is 5.56 Å². The summed E-state index contributed by atoms with van der Waals surface area (Å²) in [6.45, 7) is 2.16. The molecule has 0 fully saturated rings. The zero-order chi connectivity index (χ0) is 27.5. The van der Waals surface area contributed by atoms with Gasteiger partial charge in [-0.2, -0.15) is 0 Å². The van der Waals surface area contributed by atoms with Gasteiger partial charge in [0.25, 0.3) is 0 Å². The highest BCUT2D eigenvalue weighted by molar-refractivity contribution is 7.99. The molecule has 2 aromatic carbocycles. The summed E-state index contributed by atoms with van der Waals surface area (Å²) in [6, 6.07) is 11.9. The maximum atomic E-state index is 12.4. The Balaban J connectivity index is 1.49. The first-order valence-electron chi connectivity index (χ1n) is 11.6. The third kappa shape index (κ3) is 7.84. The van der Waals surface area contributed by atoms with Crippen LogP contribution in [0.2, 0.25) is 0 Å². The molecule has 200 valence electrons. The summed E-state index contributed by atoms with van der Waals surface area (Å²) >= 11 is 1.20. The molecule has 0 saturated heterocycles. The van der Waals surface area contributed by atoms with E-state index in [-0.39, 0.29) is 30.7 Å². The summed E-state index contributed by atoms with van der Waals surface area (Å²) in [5.41, 5.74) is 1.63. The largest absolute Gasteiger partial charge is 0.493 e. The summed E-state index contributed by atoms with van der Waals surface area (Å²) in [7, 11) is 4.86. The highest BCUT2D eigenvalue weighted by Gasteiger charge is 2.13. The molecule has 3 rings (SSSR count). The number of benzene rings is 2. The zero-order valence-corrected chi connectivity index (χ0v) is 22.3. The van der Waals surface area contributed by atoms with E-state index in [9.17, 15) is 14.4 Å². The van der Waals surface area contributed by atoms with Crippen LogP contribution in [-0.2, 0) is 27.9 Å². The van der Waals surface area contributed by atoms with Gasteiger partial charge in [0.1, 0.15) is 0 Å². The van der Waals surface area contributed by atoms with Crippen LogP contribution in [0.3, 0.4) is 0 Å². The van der Waals surface area contributed by atoms with Crippen LogP contribution in [0.5, 0.6) is 11.5 Å². The maximum Gasteiger partial charge on any atom is 0.338 e. The summed E-state index contributed by atoms with van der Waals surface area (Å²) in [4.78, 5) is 36.6. The number of carbonyl (C=O) groups excluding carboxylic acids is 3. The van der Waals surface area contributed by atoms with Crippen molar-refractivity contribution in [3.63, 3.8) is 0 Å². The Morgan fingerprint density at radius 1 is 1.05 bits per heavy atom. The van der Waals surface area contributed by atoms with Gasteiger partial charge in [0, 0.05) is 18.8 Å². The van der Waals surface area contributed by atoms with Crippen LogP contribution in [0.15, 0.2) is 53.7 Å². The van der Waals surface area contributed by atoms with Crippen LogP contribution in [-0.4, -0.2) is 59.1 Å². The van der Waals surface area contributed by atoms with Gasteiger partial charge in [-0.05, 0) is 48.9 Å². The van der Waals surface area contributed by atoms with Crippen molar-refractivity contribution in [1.82, 2.24) is 20.1 Å². The first-order valence-corrected chi connectivity index (χ1v) is 12.6. The Morgan fingerprint density at radius 2 is 1.84 bits per heavy atom. The third-order valence-corrected chi connectivity index (χ3v) is 6.19. The van der Waals surface area contributed by atoms with Gasteiger partial charge in [-0.1, -0.05) is 23.9 Å². The average Bonchev–Trinajstić information content (AvgIpc) is 3.28. The Bertz CT molecular complexity index is 1320. The lowest BCUT2D eigenvalue weighted by Gasteiger charge is -2.08. The molecule has 0 spiro atoms. The van der Waals surface area contributed by atoms with Gasteiger partial charge < -0.3 is 29.4 Å². The number of hydrogen-bond acceptors (Lipinski definition) is 9. The van der Waals surface area contributed by atoms with E-state index in [1.807, 2.05) is 6.07 Å². The molecule has 0 aliphatic rings. The van der Waals surface area contributed by atoms with E-state index in [0.29, 0.717) is 33.7 Å². The number of aromatic nitrogens is 3. The van der Waals surface area contributed by atoms with Crippen LogP contribution < -0.4 is 20.1 Å². The van der Waals surface area contributed by atoms with E-state index < -0.39 is 5.97 Å². The van der Waals surface area contributed by atoms with Crippen LogP contribution in [0.25, 0.3) is 6.08 Å². The number of thioether (sulfide) groups is 1. The fraction of sp³-hybridized carbons (Fsp3) is 0.269. The van der Waals surface area contributed by atoms with Gasteiger partial charge in [-0.3, -0.25) is 9.59 Å². The van der Waals surface area contributed by atoms with Crippen molar-refractivity contribution in [3.8, 4) is 11.5 Å². The molecule has 0 aliphatic heterocycles. The molecular weight excluding hydrogens is 510 g/mol. The lowest BCUT2D eigenvalue weighted by molar-refractivity contribution is -0.116. The lowest BCUT2D eigenvalue weighted by Crippen LogP contribution is -2.22. The standard InChI is InChI=1S/C26H29N5O6S/c1-5-37-25(34)18-7-6-8-19(14-18)28-24(33)16-38-26-30-29-22(31(26)2)15-27-23(32)12-10-17-9-11-20(35-3)21(13-17)36-4/h6-14H,5,15-16H2,1-4H3,(H,27,32)(H,28,33). The molecule has 0 unspecified atom stereocenters. The minimum atomic E-state index is -0.451. The molecule has 1 aromatic heterocycles. The highest BCUT2D eigenvalue weighted by atomic mass is 32.2. The van der Waals surface area contributed by atoms with Gasteiger partial charge in [0.15, 0.2) is 22.5 Å². The predicted molar refractivity (Wildman–Crippen MR) is 143 cm³/mol. The Kier molecular flexibility index (Phi) is 10.3. The number of carbonyl (C=O) groups is 3. The van der Waals surface area contributed by atoms with Gasteiger partial charge in [0.2, 0.25) is 11.8 Å². The number of hydrogen-bond donors (Lipinski definition) is 2. The molecule has 1 heterocycles. The van der Waals surface area contributed by atoms with Crippen LogP contribution in [0.1, 0.15) is 28.7 Å². The molecule has 2 amide bonds. The van der Waals surface area contributed by atoms with Crippen molar-refractivity contribution < 1.29 is 28.6 Å². The molecule has 2 N–H and O–H groups in total. The Labute approximate surface area is 224 Å². The van der Waals surface area contributed by atoms with E-state index in [1.54, 1.807) is 75.2 Å². The van der Waals surface area contributed by atoms with Crippen molar-refractivity contribution >= 4 is 41.3 Å². The molecular formula is C26H29N5O6S. The van der Waals surface area contributed by atoms with Crippen molar-refractivity contribution in [2.45, 2.75) is 18.6 Å². The normalized spacial score (nSPS) is 10.7. The zero-order valence-electron chi connectivity index (χ0n) is 21.5. The van der Waals surface area contributed by atoms with Crippen molar-refractivity contribution in [3.05, 3.63) is 65.5 Å². The van der Waals surface area contributed by atoms with Gasteiger partial charge in [-0.15, -0.1) is 10.2 Å². The molecule has 11 nitrogen and oxygen atoms in total. The number of esters is 1. The molecule has 12 heteroatoms. The molecule has 3 aromatic rings. The summed E-state index contributed by atoms with van der Waals surface area (Å²) in [5, 5.41) is 14.2. The molecule has 38 heavy (non-hydrogen) atoms. The monoisotopic (exact) mass is 539 g/mol. The fourth-order valence-corrected chi connectivity index (χ4v) is 3.97. The second-order valence-corrected chi connectivity index (χ2v) is 8.70. The predicted octanol–water partition coefficient (Wildman–Crippen LogP) is 3.07. The highest BCUT2D eigenvalue weighted by Crippen LogP contribution is 2.28. The number of nitrogens with one attached hydrogen (secondary N) is 2. The average molecular weight is 540 g/mol. The SMILES string of the molecule is CCOC(=O)c1cccc(NC(=O)CSc2nnc(CNC(=O)C=Cc3ccc(OC)c(OC)c3)n2C)c1. The van der Waals surface area contributed by atoms with Gasteiger partial charge in [-0.25, -0.2) is 4.79 Å². The number of rotatable bonds is 12. The van der Waals surface area contributed by atoms with Crippen molar-refractivity contribution in [2.24, 2.45) is 7.05 Å². The molecule has 0 bridgehead atoms. The molecule has 0 saturated carbocycles. The van der Waals surface area contributed by atoms with E-state index in [2.05, 4.69) is 20.8 Å². The quantitative estimate of drug-likeness (QED) is 0.202. The molecule has 0 atom stereocenters. The minimum absolute atomic E-state index is 0.0794. The van der Waals surface area contributed by atoms with Crippen LogP contribution in [0.4, 0.5) is 5.69 Å². The molecule has 0 aliphatic carbocycles. The summed E-state index contributed by atoms with van der Waals surface area (Å²) in [5.74, 6) is 0.756. The van der Waals surface area contributed by atoms with E-state index >= 15 is 0 Å². The van der Waals surface area contributed by atoms with E-state index in [1.165, 1.54) is 17.8 Å². The van der Waals surface area contributed by atoms with Gasteiger partial charge >= 0.3 is 5.97 Å². The number of nitrogens with zero attached hydrogens (tertiary/aromatic N) is 3. The smallest absolute Gasteiger partial charge is 0.338 e. The van der Waals surface area contributed by atoms with Crippen molar-refractivity contribution in [1.29, 1.82) is 0 Å². The van der Waals surface area contributed by atoms with Gasteiger partial charge in [0.05, 0.1) is 38.7 Å². The lowest BCUT2D eigenvalue weighted by atomic mass is 10.2. The first kappa shape index (κ1) is 28.3. The minimum Gasteiger partial charge on any atom is -0.493 e. The summed E-state index contributed by atoms with van der Waals surface area (Å²) < 4.78 is 17.2. The second-order valence-electron chi connectivity index (χ2n) is 7.76. The number of amides is 2. The number of methoxy groups -OCH3 is 2. The Morgan fingerprint density at radius 3 is 2.58 bits per heavy atom. The number of anilines is 1. The van der Waals surface area contributed by atoms with Crippen molar-refractivity contribution in [2.75, 3.05) is 31.9 Å². The summed E-state index contributed by atoms with van der Waals surface area (Å²) in [6.07, 6.45) is 3.07. The van der Waals surface area contributed by atoms with Crippen LogP contribution in [0, 0.1) is 0 Å². The molecule has 0 radical (unpaired) electrons. The van der Waals surface area contributed by atoms with E-state index in [4.69, 9.17) is 14.2 Å².